The Morgan fingerprint density at radius 2 is 2.13 bits per heavy atom. The fraction of sp³-hybridized carbons (Fsp3) is 0.909. The van der Waals surface area contributed by atoms with Crippen molar-refractivity contribution in [2.45, 2.75) is 44.0 Å². The van der Waals surface area contributed by atoms with Crippen LogP contribution in [0, 0.1) is 0 Å². The molecule has 2 heterocycles. The molecule has 0 bridgehead atoms. The zero-order valence-corrected chi connectivity index (χ0v) is 10.2. The van der Waals surface area contributed by atoms with E-state index in [9.17, 15) is 4.79 Å². The molecule has 0 aromatic carbocycles. The zero-order chi connectivity index (χ0) is 10.7. The monoisotopic (exact) mass is 228 g/mol. The molecule has 4 heteroatoms. The third-order valence-corrected chi connectivity index (χ3v) is 4.48. The van der Waals surface area contributed by atoms with E-state index >= 15 is 0 Å². The average molecular weight is 228 g/mol. The summed E-state index contributed by atoms with van der Waals surface area (Å²) in [4.78, 5) is 14.0. The molecular weight excluding hydrogens is 208 g/mol. The van der Waals surface area contributed by atoms with E-state index in [4.69, 9.17) is 0 Å². The lowest BCUT2D eigenvalue weighted by atomic mass is 10.1. The Kier molecular flexibility index (Phi) is 3.92. The molecule has 1 N–H and O–H groups in total. The van der Waals surface area contributed by atoms with Crippen LogP contribution < -0.4 is 5.32 Å². The van der Waals surface area contributed by atoms with Crippen LogP contribution in [0.3, 0.4) is 0 Å². The van der Waals surface area contributed by atoms with Gasteiger partial charge >= 0.3 is 0 Å². The van der Waals surface area contributed by atoms with Crippen molar-refractivity contribution in [2.24, 2.45) is 0 Å². The first-order valence-corrected chi connectivity index (χ1v) is 6.96. The van der Waals surface area contributed by atoms with Gasteiger partial charge in [0.2, 0.25) is 5.91 Å². The maximum absolute atomic E-state index is 11.9. The van der Waals surface area contributed by atoms with E-state index < -0.39 is 0 Å². The molecule has 0 aromatic rings. The summed E-state index contributed by atoms with van der Waals surface area (Å²) in [5.41, 5.74) is 0. The molecule has 2 aliphatic heterocycles. The van der Waals surface area contributed by atoms with Crippen molar-refractivity contribution < 1.29 is 4.79 Å². The van der Waals surface area contributed by atoms with Crippen LogP contribution in [0.1, 0.15) is 32.6 Å². The second-order valence-corrected chi connectivity index (χ2v) is 5.77. The van der Waals surface area contributed by atoms with E-state index in [1.807, 2.05) is 16.7 Å². The van der Waals surface area contributed by atoms with Gasteiger partial charge in [0, 0.05) is 24.9 Å². The first-order valence-electron chi connectivity index (χ1n) is 5.91. The van der Waals surface area contributed by atoms with Crippen molar-refractivity contribution in [1.29, 1.82) is 0 Å². The molecule has 2 saturated heterocycles. The maximum atomic E-state index is 11.9. The minimum absolute atomic E-state index is 0.341. The quantitative estimate of drug-likeness (QED) is 0.776. The predicted molar refractivity (Wildman–Crippen MR) is 63.9 cm³/mol. The van der Waals surface area contributed by atoms with Gasteiger partial charge in [0.15, 0.2) is 0 Å². The van der Waals surface area contributed by atoms with Gasteiger partial charge in [-0.3, -0.25) is 4.79 Å². The van der Waals surface area contributed by atoms with Gasteiger partial charge < -0.3 is 10.2 Å². The Labute approximate surface area is 96.0 Å². The van der Waals surface area contributed by atoms with Crippen molar-refractivity contribution in [3.8, 4) is 0 Å². The Morgan fingerprint density at radius 1 is 1.40 bits per heavy atom. The van der Waals surface area contributed by atoms with Crippen molar-refractivity contribution in [3.05, 3.63) is 0 Å². The van der Waals surface area contributed by atoms with Gasteiger partial charge in [-0.15, -0.1) is 11.8 Å². The van der Waals surface area contributed by atoms with Crippen LogP contribution in [-0.4, -0.2) is 41.1 Å². The van der Waals surface area contributed by atoms with Crippen LogP contribution in [0.25, 0.3) is 0 Å². The van der Waals surface area contributed by atoms with Gasteiger partial charge in [-0.25, -0.2) is 0 Å². The summed E-state index contributed by atoms with van der Waals surface area (Å²) in [5, 5.41) is 3.80. The normalized spacial score (nSPS) is 31.9. The van der Waals surface area contributed by atoms with Crippen LogP contribution in [0.5, 0.6) is 0 Å². The van der Waals surface area contributed by atoms with Crippen LogP contribution in [0.2, 0.25) is 0 Å². The molecule has 0 saturated carbocycles. The van der Waals surface area contributed by atoms with Crippen molar-refractivity contribution >= 4 is 17.7 Å². The van der Waals surface area contributed by atoms with Gasteiger partial charge in [-0.2, -0.15) is 0 Å². The summed E-state index contributed by atoms with van der Waals surface area (Å²) >= 11 is 1.88. The van der Waals surface area contributed by atoms with Gasteiger partial charge in [0.25, 0.3) is 0 Å². The molecule has 2 atom stereocenters. The van der Waals surface area contributed by atoms with E-state index in [0.29, 0.717) is 23.7 Å². The fourth-order valence-corrected chi connectivity index (χ4v) is 3.43. The molecule has 3 nitrogen and oxygen atoms in total. The fourth-order valence-electron chi connectivity index (χ4n) is 2.22. The summed E-state index contributed by atoms with van der Waals surface area (Å²) in [6.45, 7) is 4.13. The van der Waals surface area contributed by atoms with Crippen molar-refractivity contribution in [1.82, 2.24) is 10.2 Å². The van der Waals surface area contributed by atoms with Crippen LogP contribution in [0.15, 0.2) is 0 Å². The first kappa shape index (κ1) is 11.3. The number of hydrogen-bond acceptors (Lipinski definition) is 3. The highest BCUT2D eigenvalue weighted by atomic mass is 32.2. The molecule has 0 aliphatic carbocycles. The van der Waals surface area contributed by atoms with E-state index in [0.717, 1.165) is 18.8 Å². The SMILES string of the molecule is CC1CSC(CC(=O)N2CCCCC2)N1. The predicted octanol–water partition coefficient (Wildman–Crippen LogP) is 1.44. The van der Waals surface area contributed by atoms with E-state index in [1.54, 1.807) is 0 Å². The minimum Gasteiger partial charge on any atom is -0.343 e. The van der Waals surface area contributed by atoms with Crippen LogP contribution >= 0.6 is 11.8 Å². The maximum Gasteiger partial charge on any atom is 0.225 e. The molecule has 1 amide bonds. The van der Waals surface area contributed by atoms with E-state index in [2.05, 4.69) is 12.2 Å². The lowest BCUT2D eigenvalue weighted by Gasteiger charge is -2.27. The highest BCUT2D eigenvalue weighted by molar-refractivity contribution is 8.00. The topological polar surface area (TPSA) is 32.3 Å². The largest absolute Gasteiger partial charge is 0.343 e. The van der Waals surface area contributed by atoms with Gasteiger partial charge in [0.1, 0.15) is 0 Å². The minimum atomic E-state index is 0.341. The third kappa shape index (κ3) is 3.11. The van der Waals surface area contributed by atoms with Gasteiger partial charge in [-0.05, 0) is 26.2 Å². The second-order valence-electron chi connectivity index (χ2n) is 4.54. The molecule has 2 rings (SSSR count). The van der Waals surface area contributed by atoms with Gasteiger partial charge in [0.05, 0.1) is 11.8 Å². The summed E-state index contributed by atoms with van der Waals surface area (Å²) in [6.07, 6.45) is 4.34. The number of piperidine rings is 1. The molecular formula is C11H20N2OS. The number of carbonyl (C=O) groups excluding carboxylic acids is 1. The Hall–Kier alpha value is -0.220. The lowest BCUT2D eigenvalue weighted by Crippen LogP contribution is -2.39. The number of thioether (sulfide) groups is 1. The van der Waals surface area contributed by atoms with Crippen molar-refractivity contribution in [2.75, 3.05) is 18.8 Å². The van der Waals surface area contributed by atoms with Crippen molar-refractivity contribution in [3.63, 3.8) is 0 Å². The van der Waals surface area contributed by atoms with Gasteiger partial charge in [-0.1, -0.05) is 0 Å². The molecule has 86 valence electrons. The van der Waals surface area contributed by atoms with E-state index in [1.165, 1.54) is 19.3 Å². The Morgan fingerprint density at radius 3 is 2.73 bits per heavy atom. The molecule has 0 aromatic heterocycles. The Bertz CT molecular complexity index is 229. The summed E-state index contributed by atoms with van der Waals surface area (Å²) in [6, 6.07) is 0.564. The standard InChI is InChI=1S/C11H20N2OS/c1-9-8-15-10(12-9)7-11(14)13-5-3-2-4-6-13/h9-10,12H,2-8H2,1H3. The Balaban J connectivity index is 1.76. The number of hydrogen-bond donors (Lipinski definition) is 1. The molecule has 2 unspecified atom stereocenters. The molecule has 2 fully saturated rings. The summed E-state index contributed by atoms with van der Waals surface area (Å²) in [7, 11) is 0. The molecule has 0 radical (unpaired) electrons. The third-order valence-electron chi connectivity index (χ3n) is 3.09. The number of carbonyl (C=O) groups is 1. The molecule has 2 aliphatic rings. The smallest absolute Gasteiger partial charge is 0.225 e. The highest BCUT2D eigenvalue weighted by Crippen LogP contribution is 2.22. The second kappa shape index (κ2) is 5.21. The number of nitrogens with zero attached hydrogens (tertiary/aromatic N) is 1. The number of nitrogens with one attached hydrogen (secondary N) is 1. The first-order chi connectivity index (χ1) is 7.25. The van der Waals surface area contributed by atoms with E-state index in [-0.39, 0.29) is 0 Å². The zero-order valence-electron chi connectivity index (χ0n) is 9.37. The lowest BCUT2D eigenvalue weighted by molar-refractivity contribution is -0.132. The average Bonchev–Trinajstić information content (AvgIpc) is 2.65. The van der Waals surface area contributed by atoms with Crippen LogP contribution in [-0.2, 0) is 4.79 Å². The van der Waals surface area contributed by atoms with Crippen LogP contribution in [0.4, 0.5) is 0 Å². The number of amides is 1. The molecule has 15 heavy (non-hydrogen) atoms. The summed E-state index contributed by atoms with van der Waals surface area (Å²) < 4.78 is 0. The number of rotatable bonds is 2. The summed E-state index contributed by atoms with van der Waals surface area (Å²) in [5.74, 6) is 1.48. The highest BCUT2D eigenvalue weighted by Gasteiger charge is 2.25. The number of likely N-dealkylation sites (tertiary alicyclic amines) is 1. The molecule has 0 spiro atoms.